The topological polar surface area (TPSA) is 35.5 Å². The van der Waals surface area contributed by atoms with Gasteiger partial charge in [0.2, 0.25) is 0 Å². The van der Waals surface area contributed by atoms with Crippen molar-refractivity contribution in [2.45, 2.75) is 52.9 Å². The molecule has 3 heteroatoms. The number of hydrogen-bond donors (Lipinski definition) is 0. The van der Waals surface area contributed by atoms with Gasteiger partial charge in [0, 0.05) is 13.7 Å². The summed E-state index contributed by atoms with van der Waals surface area (Å²) in [7, 11) is 1.74. The van der Waals surface area contributed by atoms with Gasteiger partial charge in [-0.3, -0.25) is 4.79 Å². The normalized spacial score (nSPS) is 14.4. The van der Waals surface area contributed by atoms with Gasteiger partial charge in [-0.2, -0.15) is 0 Å². The molecule has 2 unspecified atom stereocenters. The van der Waals surface area contributed by atoms with Crippen LogP contribution in [0.4, 0.5) is 0 Å². The molecule has 0 bridgehead atoms. The van der Waals surface area contributed by atoms with Gasteiger partial charge in [-0.15, -0.1) is 0 Å². The molecule has 0 saturated heterocycles. The Morgan fingerprint density at radius 3 is 2.47 bits per heavy atom. The van der Waals surface area contributed by atoms with Crippen molar-refractivity contribution in [2.75, 3.05) is 20.3 Å². The molecule has 17 heavy (non-hydrogen) atoms. The molecule has 0 fully saturated rings. The molecule has 0 rings (SSSR count). The third kappa shape index (κ3) is 9.16. The van der Waals surface area contributed by atoms with Crippen LogP contribution in [0.2, 0.25) is 0 Å². The van der Waals surface area contributed by atoms with E-state index in [1.807, 2.05) is 13.8 Å². The maximum Gasteiger partial charge on any atom is 0.308 e. The van der Waals surface area contributed by atoms with E-state index in [0.29, 0.717) is 12.5 Å². The van der Waals surface area contributed by atoms with Gasteiger partial charge in [0.05, 0.1) is 12.5 Å². The lowest BCUT2D eigenvalue weighted by molar-refractivity contribution is -0.148. The van der Waals surface area contributed by atoms with Crippen molar-refractivity contribution in [2.24, 2.45) is 11.8 Å². The van der Waals surface area contributed by atoms with Crippen LogP contribution in [0.1, 0.15) is 52.9 Å². The summed E-state index contributed by atoms with van der Waals surface area (Å²) in [5.41, 5.74) is 0. The second kappa shape index (κ2) is 10.6. The number of carbonyl (C=O) groups is 1. The van der Waals surface area contributed by atoms with E-state index in [-0.39, 0.29) is 11.9 Å². The first kappa shape index (κ1) is 16.4. The molecule has 0 saturated carbocycles. The predicted molar refractivity (Wildman–Crippen MR) is 69.9 cm³/mol. The average Bonchev–Trinajstić information content (AvgIpc) is 2.32. The van der Waals surface area contributed by atoms with Crippen LogP contribution in [0, 0.1) is 11.8 Å². The van der Waals surface area contributed by atoms with Crippen LogP contribution < -0.4 is 0 Å². The molecule has 102 valence electrons. The van der Waals surface area contributed by atoms with Crippen LogP contribution in [-0.2, 0) is 14.3 Å². The molecule has 0 amide bonds. The minimum absolute atomic E-state index is 0.0386. The average molecular weight is 244 g/mol. The standard InChI is InChI=1S/C14H28O3/c1-5-13(3)14(15)17-10-8-6-7-9-12(2)11-16-4/h12-13H,5-11H2,1-4H3. The van der Waals surface area contributed by atoms with E-state index in [9.17, 15) is 4.79 Å². The number of rotatable bonds is 10. The summed E-state index contributed by atoms with van der Waals surface area (Å²) in [6.45, 7) is 7.52. The summed E-state index contributed by atoms with van der Waals surface area (Å²) in [5.74, 6) is 0.611. The van der Waals surface area contributed by atoms with E-state index >= 15 is 0 Å². The van der Waals surface area contributed by atoms with Crippen LogP contribution in [0.15, 0.2) is 0 Å². The Labute approximate surface area is 106 Å². The molecule has 2 atom stereocenters. The zero-order valence-electron chi connectivity index (χ0n) is 11.8. The Bertz CT molecular complexity index is 192. The molecular formula is C14H28O3. The highest BCUT2D eigenvalue weighted by atomic mass is 16.5. The lowest BCUT2D eigenvalue weighted by Gasteiger charge is -2.10. The Morgan fingerprint density at radius 2 is 1.88 bits per heavy atom. The van der Waals surface area contributed by atoms with E-state index in [1.54, 1.807) is 7.11 Å². The van der Waals surface area contributed by atoms with Crippen molar-refractivity contribution in [1.29, 1.82) is 0 Å². The SMILES string of the molecule is CCC(C)C(=O)OCCCCCC(C)COC. The molecule has 0 aromatic heterocycles. The van der Waals surface area contributed by atoms with Gasteiger partial charge in [-0.25, -0.2) is 0 Å². The molecule has 0 aliphatic carbocycles. The number of esters is 1. The summed E-state index contributed by atoms with van der Waals surface area (Å²) >= 11 is 0. The van der Waals surface area contributed by atoms with Crippen LogP contribution in [0.5, 0.6) is 0 Å². The molecule has 0 heterocycles. The first-order chi connectivity index (χ1) is 8.11. The largest absolute Gasteiger partial charge is 0.465 e. The van der Waals surface area contributed by atoms with Crippen molar-refractivity contribution in [1.82, 2.24) is 0 Å². The van der Waals surface area contributed by atoms with Gasteiger partial charge in [0.1, 0.15) is 0 Å². The third-order valence-electron chi connectivity index (χ3n) is 3.05. The van der Waals surface area contributed by atoms with Crippen LogP contribution in [-0.4, -0.2) is 26.3 Å². The maximum absolute atomic E-state index is 11.4. The second-order valence-electron chi connectivity index (χ2n) is 4.89. The number of ether oxygens (including phenoxy) is 2. The third-order valence-corrected chi connectivity index (χ3v) is 3.05. The molecule has 0 aliphatic rings. The molecule has 0 N–H and O–H groups in total. The highest BCUT2D eigenvalue weighted by molar-refractivity contribution is 5.71. The first-order valence-corrected chi connectivity index (χ1v) is 6.77. The van der Waals surface area contributed by atoms with Crippen molar-refractivity contribution < 1.29 is 14.3 Å². The first-order valence-electron chi connectivity index (χ1n) is 6.77. The quantitative estimate of drug-likeness (QED) is 0.436. The maximum atomic E-state index is 11.4. The van der Waals surface area contributed by atoms with Crippen molar-refractivity contribution in [3.8, 4) is 0 Å². The van der Waals surface area contributed by atoms with Gasteiger partial charge in [-0.1, -0.05) is 33.6 Å². The summed E-state index contributed by atoms with van der Waals surface area (Å²) < 4.78 is 10.3. The highest BCUT2D eigenvalue weighted by Gasteiger charge is 2.11. The minimum atomic E-state index is -0.0553. The van der Waals surface area contributed by atoms with Gasteiger partial charge in [0.15, 0.2) is 0 Å². The summed E-state index contributed by atoms with van der Waals surface area (Å²) in [6, 6.07) is 0. The molecule has 3 nitrogen and oxygen atoms in total. The van der Waals surface area contributed by atoms with Gasteiger partial charge >= 0.3 is 5.97 Å². The van der Waals surface area contributed by atoms with E-state index in [4.69, 9.17) is 9.47 Å². The molecule has 0 aromatic carbocycles. The van der Waals surface area contributed by atoms with E-state index < -0.39 is 0 Å². The van der Waals surface area contributed by atoms with Crippen LogP contribution >= 0.6 is 0 Å². The van der Waals surface area contributed by atoms with Crippen LogP contribution in [0.25, 0.3) is 0 Å². The van der Waals surface area contributed by atoms with E-state index in [2.05, 4.69) is 6.92 Å². The monoisotopic (exact) mass is 244 g/mol. The van der Waals surface area contributed by atoms with Crippen molar-refractivity contribution >= 4 is 5.97 Å². The Hall–Kier alpha value is -0.570. The lowest BCUT2D eigenvalue weighted by atomic mass is 10.0. The summed E-state index contributed by atoms with van der Waals surface area (Å²) in [6.07, 6.45) is 5.33. The van der Waals surface area contributed by atoms with Gasteiger partial charge in [-0.05, 0) is 25.2 Å². The number of carbonyl (C=O) groups excluding carboxylic acids is 1. The van der Waals surface area contributed by atoms with Crippen LogP contribution in [0.3, 0.4) is 0 Å². The zero-order valence-corrected chi connectivity index (χ0v) is 11.8. The molecule has 0 aromatic rings. The molecule has 0 aliphatic heterocycles. The Kier molecular flexibility index (Phi) is 10.2. The fraction of sp³-hybridized carbons (Fsp3) is 0.929. The lowest BCUT2D eigenvalue weighted by Crippen LogP contribution is -2.14. The predicted octanol–water partition coefficient (Wildman–Crippen LogP) is 3.42. The van der Waals surface area contributed by atoms with Gasteiger partial charge < -0.3 is 9.47 Å². The fourth-order valence-corrected chi connectivity index (χ4v) is 1.62. The summed E-state index contributed by atoms with van der Waals surface area (Å²) in [5, 5.41) is 0. The minimum Gasteiger partial charge on any atom is -0.465 e. The highest BCUT2D eigenvalue weighted by Crippen LogP contribution is 2.10. The second-order valence-corrected chi connectivity index (χ2v) is 4.89. The van der Waals surface area contributed by atoms with Crippen molar-refractivity contribution in [3.63, 3.8) is 0 Å². The zero-order chi connectivity index (χ0) is 13.1. The van der Waals surface area contributed by atoms with E-state index in [1.165, 1.54) is 12.8 Å². The number of hydrogen-bond acceptors (Lipinski definition) is 3. The number of methoxy groups -OCH3 is 1. The number of unbranched alkanes of at least 4 members (excludes halogenated alkanes) is 2. The molecule has 0 spiro atoms. The Morgan fingerprint density at radius 1 is 1.18 bits per heavy atom. The molecular weight excluding hydrogens is 216 g/mol. The Balaban J connectivity index is 3.32. The van der Waals surface area contributed by atoms with E-state index in [0.717, 1.165) is 25.9 Å². The van der Waals surface area contributed by atoms with Gasteiger partial charge in [0.25, 0.3) is 0 Å². The molecule has 0 radical (unpaired) electrons. The summed E-state index contributed by atoms with van der Waals surface area (Å²) in [4.78, 5) is 11.4. The van der Waals surface area contributed by atoms with Crippen molar-refractivity contribution in [3.05, 3.63) is 0 Å². The smallest absolute Gasteiger partial charge is 0.308 e. The fourth-order valence-electron chi connectivity index (χ4n) is 1.62.